The number of nitrogens with one attached hydrogen (secondary N) is 1. The van der Waals surface area contributed by atoms with E-state index in [1.165, 1.54) is 11.1 Å². The van der Waals surface area contributed by atoms with Crippen LogP contribution in [0.3, 0.4) is 0 Å². The highest BCUT2D eigenvalue weighted by atomic mass is 16.5. The minimum atomic E-state index is -0.442. The van der Waals surface area contributed by atoms with E-state index < -0.39 is 6.10 Å². The van der Waals surface area contributed by atoms with Crippen molar-refractivity contribution < 1.29 is 9.53 Å². The fourth-order valence-corrected chi connectivity index (χ4v) is 2.67. The van der Waals surface area contributed by atoms with E-state index in [4.69, 9.17) is 4.74 Å². The number of carbonyl (C=O) groups is 1. The first-order valence-corrected chi connectivity index (χ1v) is 8.65. The van der Waals surface area contributed by atoms with Crippen molar-refractivity contribution >= 4 is 5.91 Å². The molecule has 0 bridgehead atoms. The minimum absolute atomic E-state index is 0.0365. The molecule has 3 heteroatoms. The average molecular weight is 325 g/mol. The maximum absolute atomic E-state index is 12.3. The molecule has 0 heterocycles. The van der Waals surface area contributed by atoms with Crippen LogP contribution in [0.1, 0.15) is 36.5 Å². The Labute approximate surface area is 145 Å². The van der Waals surface area contributed by atoms with Gasteiger partial charge in [-0.3, -0.25) is 4.79 Å². The van der Waals surface area contributed by atoms with E-state index in [-0.39, 0.29) is 5.91 Å². The molecule has 2 rings (SSSR count). The van der Waals surface area contributed by atoms with Crippen LogP contribution in [0.4, 0.5) is 0 Å². The van der Waals surface area contributed by atoms with E-state index in [0.717, 1.165) is 24.2 Å². The van der Waals surface area contributed by atoms with Gasteiger partial charge in [-0.2, -0.15) is 0 Å². The fourth-order valence-electron chi connectivity index (χ4n) is 2.67. The van der Waals surface area contributed by atoms with Gasteiger partial charge in [0.25, 0.3) is 5.91 Å². The van der Waals surface area contributed by atoms with Gasteiger partial charge in [0.2, 0.25) is 0 Å². The summed E-state index contributed by atoms with van der Waals surface area (Å²) in [5.41, 5.74) is 3.55. The number of rotatable bonds is 8. The summed E-state index contributed by atoms with van der Waals surface area (Å²) in [5.74, 6) is 0.748. The summed E-state index contributed by atoms with van der Waals surface area (Å²) in [6.45, 7) is 6.69. The van der Waals surface area contributed by atoms with E-state index in [0.29, 0.717) is 13.0 Å². The minimum Gasteiger partial charge on any atom is -0.480 e. The van der Waals surface area contributed by atoms with E-state index in [9.17, 15) is 4.79 Å². The van der Waals surface area contributed by atoms with Gasteiger partial charge in [0.05, 0.1) is 0 Å². The molecule has 0 saturated heterocycles. The first-order chi connectivity index (χ1) is 11.6. The van der Waals surface area contributed by atoms with Crippen LogP contribution >= 0.6 is 0 Å². The Bertz CT molecular complexity index is 652. The molecule has 0 saturated carbocycles. The van der Waals surface area contributed by atoms with Crippen LogP contribution in [0, 0.1) is 13.8 Å². The van der Waals surface area contributed by atoms with Crippen molar-refractivity contribution in [1.82, 2.24) is 5.32 Å². The lowest BCUT2D eigenvalue weighted by Gasteiger charge is -2.19. The van der Waals surface area contributed by atoms with E-state index >= 15 is 0 Å². The standard InChI is InChI=1S/C21H27NO2/c1-4-19(24-20-13-12-16(2)15-17(20)3)21(23)22-14-8-11-18-9-6-5-7-10-18/h5-7,9-10,12-13,15,19H,4,8,11,14H2,1-3H3,(H,22,23). The summed E-state index contributed by atoms with van der Waals surface area (Å²) < 4.78 is 5.91. The van der Waals surface area contributed by atoms with Crippen molar-refractivity contribution in [3.63, 3.8) is 0 Å². The molecular formula is C21H27NO2. The lowest BCUT2D eigenvalue weighted by Crippen LogP contribution is -2.38. The Balaban J connectivity index is 1.80. The maximum atomic E-state index is 12.3. The highest BCUT2D eigenvalue weighted by Crippen LogP contribution is 2.20. The molecule has 128 valence electrons. The van der Waals surface area contributed by atoms with Gasteiger partial charge < -0.3 is 10.1 Å². The predicted octanol–water partition coefficient (Wildman–Crippen LogP) is 4.21. The van der Waals surface area contributed by atoms with E-state index in [2.05, 4.69) is 23.5 Å². The molecule has 0 aliphatic heterocycles. The molecule has 0 aliphatic carbocycles. The molecule has 0 radical (unpaired) electrons. The molecule has 1 atom stereocenters. The summed E-state index contributed by atoms with van der Waals surface area (Å²) in [6, 6.07) is 16.3. The van der Waals surface area contributed by atoms with Crippen molar-refractivity contribution in [3.8, 4) is 5.75 Å². The molecule has 1 N–H and O–H groups in total. The number of ether oxygens (including phenoxy) is 1. The van der Waals surface area contributed by atoms with Crippen LogP contribution in [0.15, 0.2) is 48.5 Å². The first-order valence-electron chi connectivity index (χ1n) is 8.65. The number of amides is 1. The largest absolute Gasteiger partial charge is 0.480 e. The normalized spacial score (nSPS) is 11.8. The van der Waals surface area contributed by atoms with Crippen LogP contribution in [0.2, 0.25) is 0 Å². The molecule has 3 nitrogen and oxygen atoms in total. The molecule has 0 spiro atoms. The Morgan fingerprint density at radius 2 is 1.88 bits per heavy atom. The van der Waals surface area contributed by atoms with Gasteiger partial charge in [0, 0.05) is 6.54 Å². The molecule has 2 aromatic rings. The number of carbonyl (C=O) groups excluding carboxylic acids is 1. The molecule has 1 amide bonds. The highest BCUT2D eigenvalue weighted by Gasteiger charge is 2.18. The number of hydrogen-bond acceptors (Lipinski definition) is 2. The lowest BCUT2D eigenvalue weighted by molar-refractivity contribution is -0.128. The zero-order valence-corrected chi connectivity index (χ0v) is 14.8. The quantitative estimate of drug-likeness (QED) is 0.738. The summed E-state index contributed by atoms with van der Waals surface area (Å²) in [6.07, 6.45) is 2.10. The van der Waals surface area contributed by atoms with E-state index in [1.807, 2.05) is 51.1 Å². The van der Waals surface area contributed by atoms with Crippen molar-refractivity contribution in [2.45, 2.75) is 46.1 Å². The SMILES string of the molecule is CCC(Oc1ccc(C)cc1C)C(=O)NCCCc1ccccc1. The molecule has 24 heavy (non-hydrogen) atoms. The Hall–Kier alpha value is -2.29. The third-order valence-electron chi connectivity index (χ3n) is 4.05. The van der Waals surface area contributed by atoms with Crippen molar-refractivity contribution in [2.24, 2.45) is 0 Å². The Morgan fingerprint density at radius 1 is 1.12 bits per heavy atom. The van der Waals surface area contributed by atoms with Gasteiger partial charge >= 0.3 is 0 Å². The van der Waals surface area contributed by atoms with E-state index in [1.54, 1.807) is 0 Å². The molecule has 0 fully saturated rings. The number of aryl methyl sites for hydroxylation is 3. The fraction of sp³-hybridized carbons (Fsp3) is 0.381. The predicted molar refractivity (Wildman–Crippen MR) is 98.4 cm³/mol. The zero-order valence-electron chi connectivity index (χ0n) is 14.8. The summed E-state index contributed by atoms with van der Waals surface area (Å²) >= 11 is 0. The maximum Gasteiger partial charge on any atom is 0.261 e. The van der Waals surface area contributed by atoms with Crippen molar-refractivity contribution in [3.05, 3.63) is 65.2 Å². The van der Waals surface area contributed by atoms with Gasteiger partial charge in [0.1, 0.15) is 5.75 Å². The van der Waals surface area contributed by atoms with Crippen LogP contribution in [-0.2, 0) is 11.2 Å². The van der Waals surface area contributed by atoms with Gasteiger partial charge in [-0.15, -0.1) is 0 Å². The summed E-state index contributed by atoms with van der Waals surface area (Å²) in [5, 5.41) is 2.99. The van der Waals surface area contributed by atoms with Crippen LogP contribution < -0.4 is 10.1 Å². The average Bonchev–Trinajstić information content (AvgIpc) is 2.59. The lowest BCUT2D eigenvalue weighted by atomic mass is 10.1. The molecular weight excluding hydrogens is 298 g/mol. The third-order valence-corrected chi connectivity index (χ3v) is 4.05. The van der Waals surface area contributed by atoms with Crippen LogP contribution in [0.25, 0.3) is 0 Å². The first kappa shape index (κ1) is 18.1. The second kappa shape index (κ2) is 9.11. The second-order valence-corrected chi connectivity index (χ2v) is 6.16. The smallest absolute Gasteiger partial charge is 0.261 e. The van der Waals surface area contributed by atoms with Gasteiger partial charge in [-0.05, 0) is 50.3 Å². The molecule has 0 aliphatic rings. The molecule has 2 aromatic carbocycles. The highest BCUT2D eigenvalue weighted by molar-refractivity contribution is 5.81. The van der Waals surface area contributed by atoms with Gasteiger partial charge in [-0.1, -0.05) is 55.0 Å². The Morgan fingerprint density at radius 3 is 2.54 bits per heavy atom. The van der Waals surface area contributed by atoms with Gasteiger partial charge in [-0.25, -0.2) is 0 Å². The summed E-state index contributed by atoms with van der Waals surface area (Å²) in [7, 11) is 0. The Kier molecular flexibility index (Phi) is 6.86. The van der Waals surface area contributed by atoms with Crippen LogP contribution in [0.5, 0.6) is 5.75 Å². The number of benzene rings is 2. The monoisotopic (exact) mass is 325 g/mol. The van der Waals surface area contributed by atoms with Crippen molar-refractivity contribution in [2.75, 3.05) is 6.54 Å². The number of hydrogen-bond donors (Lipinski definition) is 1. The zero-order chi connectivity index (χ0) is 17.4. The van der Waals surface area contributed by atoms with Gasteiger partial charge in [0.15, 0.2) is 6.10 Å². The van der Waals surface area contributed by atoms with Crippen LogP contribution in [-0.4, -0.2) is 18.6 Å². The topological polar surface area (TPSA) is 38.3 Å². The van der Waals surface area contributed by atoms with Crippen molar-refractivity contribution in [1.29, 1.82) is 0 Å². The molecule has 1 unspecified atom stereocenters. The summed E-state index contributed by atoms with van der Waals surface area (Å²) in [4.78, 5) is 12.3. The molecule has 0 aromatic heterocycles. The second-order valence-electron chi connectivity index (χ2n) is 6.16. The third kappa shape index (κ3) is 5.41.